The highest BCUT2D eigenvalue weighted by Crippen LogP contribution is 2.61. The van der Waals surface area contributed by atoms with E-state index in [9.17, 15) is 9.59 Å². The fourth-order valence-corrected chi connectivity index (χ4v) is 6.00. The minimum Gasteiger partial charge on any atom is -0.354 e. The highest BCUT2D eigenvalue weighted by molar-refractivity contribution is 6.02. The Morgan fingerprint density at radius 1 is 1.20 bits per heavy atom. The summed E-state index contributed by atoms with van der Waals surface area (Å²) in [5.41, 5.74) is 1.02. The van der Waals surface area contributed by atoms with Gasteiger partial charge < -0.3 is 10.6 Å². The van der Waals surface area contributed by atoms with Crippen molar-refractivity contribution in [1.82, 2.24) is 15.1 Å². The smallest absolute Gasteiger partial charge is 0.273 e. The molecule has 2 N–H and O–H groups in total. The van der Waals surface area contributed by atoms with E-state index in [2.05, 4.69) is 15.7 Å². The monoisotopic (exact) mass is 344 g/mol. The Kier molecular flexibility index (Phi) is 4.08. The lowest BCUT2D eigenvalue weighted by atomic mass is 9.49. The predicted octanol–water partition coefficient (Wildman–Crippen LogP) is 2.81. The van der Waals surface area contributed by atoms with E-state index in [-0.39, 0.29) is 17.2 Å². The van der Waals surface area contributed by atoms with Gasteiger partial charge in [-0.05, 0) is 68.6 Å². The summed E-state index contributed by atoms with van der Waals surface area (Å²) in [6, 6.07) is 0. The number of aromatic nitrogens is 2. The maximum absolute atomic E-state index is 12.8. The normalized spacial score (nSPS) is 32.6. The molecule has 4 fully saturated rings. The van der Waals surface area contributed by atoms with E-state index in [4.69, 9.17) is 0 Å². The van der Waals surface area contributed by atoms with Crippen LogP contribution in [0.1, 0.15) is 62.4 Å². The van der Waals surface area contributed by atoms with E-state index >= 15 is 0 Å². The van der Waals surface area contributed by atoms with E-state index < -0.39 is 0 Å². The molecule has 4 saturated carbocycles. The minimum absolute atomic E-state index is 0.0303. The van der Waals surface area contributed by atoms with E-state index in [0.717, 1.165) is 17.8 Å². The second-order valence-electron chi connectivity index (χ2n) is 8.47. The van der Waals surface area contributed by atoms with Gasteiger partial charge >= 0.3 is 0 Å². The van der Waals surface area contributed by atoms with Gasteiger partial charge in [0.2, 0.25) is 5.91 Å². The molecule has 2 amide bonds. The second-order valence-corrected chi connectivity index (χ2v) is 8.47. The Bertz CT molecular complexity index is 658. The van der Waals surface area contributed by atoms with Crippen molar-refractivity contribution in [2.45, 2.75) is 58.4 Å². The maximum Gasteiger partial charge on any atom is 0.273 e. The van der Waals surface area contributed by atoms with Crippen LogP contribution in [0.3, 0.4) is 0 Å². The zero-order valence-electron chi connectivity index (χ0n) is 15.2. The molecular weight excluding hydrogens is 316 g/mol. The van der Waals surface area contributed by atoms with Crippen molar-refractivity contribution in [2.75, 3.05) is 12.4 Å². The molecule has 0 spiro atoms. The molecule has 136 valence electrons. The Labute approximate surface area is 148 Å². The van der Waals surface area contributed by atoms with Gasteiger partial charge in [-0.3, -0.25) is 14.3 Å². The Morgan fingerprint density at radius 2 is 1.80 bits per heavy atom. The van der Waals surface area contributed by atoms with Gasteiger partial charge in [-0.1, -0.05) is 0 Å². The van der Waals surface area contributed by atoms with Gasteiger partial charge in [-0.2, -0.15) is 5.10 Å². The molecule has 1 aromatic rings. The van der Waals surface area contributed by atoms with Crippen LogP contribution >= 0.6 is 0 Å². The minimum atomic E-state index is -0.266. The summed E-state index contributed by atoms with van der Waals surface area (Å²) in [7, 11) is 1.58. The number of nitrogens with one attached hydrogen (secondary N) is 2. The molecule has 0 saturated heterocycles. The first-order valence-corrected chi connectivity index (χ1v) is 9.59. The molecule has 0 aromatic carbocycles. The second kappa shape index (κ2) is 6.15. The summed E-state index contributed by atoms with van der Waals surface area (Å²) in [5, 5.41) is 9.83. The fraction of sp³-hybridized carbons (Fsp3) is 0.737. The van der Waals surface area contributed by atoms with Crippen molar-refractivity contribution >= 4 is 17.5 Å². The number of amides is 2. The largest absolute Gasteiger partial charge is 0.354 e. The van der Waals surface area contributed by atoms with E-state index in [0.29, 0.717) is 24.3 Å². The number of rotatable bonds is 5. The quantitative estimate of drug-likeness (QED) is 0.862. The zero-order chi connectivity index (χ0) is 17.6. The lowest BCUT2D eigenvalue weighted by Crippen LogP contribution is -2.47. The number of carbonyl (C=O) groups excluding carboxylic acids is 2. The first kappa shape index (κ1) is 16.6. The number of carbonyl (C=O) groups is 2. The first-order chi connectivity index (χ1) is 12.0. The van der Waals surface area contributed by atoms with Gasteiger partial charge in [0.15, 0.2) is 5.69 Å². The number of aryl methyl sites for hydroxylation is 1. The van der Waals surface area contributed by atoms with E-state index in [1.165, 1.54) is 38.5 Å². The molecule has 25 heavy (non-hydrogen) atoms. The average molecular weight is 344 g/mol. The molecule has 1 aromatic heterocycles. The molecule has 0 unspecified atom stereocenters. The van der Waals surface area contributed by atoms with Crippen molar-refractivity contribution in [3.63, 3.8) is 0 Å². The van der Waals surface area contributed by atoms with Gasteiger partial charge in [-0.15, -0.1) is 0 Å². The first-order valence-electron chi connectivity index (χ1n) is 9.59. The molecule has 0 aliphatic heterocycles. The molecule has 0 atom stereocenters. The van der Waals surface area contributed by atoms with Gasteiger partial charge in [0, 0.05) is 26.2 Å². The number of anilines is 1. The van der Waals surface area contributed by atoms with Crippen LogP contribution in [0, 0.1) is 23.2 Å². The van der Waals surface area contributed by atoms with Gasteiger partial charge in [0.1, 0.15) is 0 Å². The predicted molar refractivity (Wildman–Crippen MR) is 95.1 cm³/mol. The molecule has 4 aliphatic carbocycles. The summed E-state index contributed by atoms with van der Waals surface area (Å²) >= 11 is 0. The summed E-state index contributed by atoms with van der Waals surface area (Å²) in [4.78, 5) is 24.8. The van der Waals surface area contributed by atoms with E-state index in [1.807, 2.05) is 6.92 Å². The Morgan fingerprint density at radius 3 is 2.32 bits per heavy atom. The van der Waals surface area contributed by atoms with Crippen molar-refractivity contribution in [3.05, 3.63) is 11.9 Å². The highest BCUT2D eigenvalue weighted by Gasteiger charge is 2.51. The SMILES string of the molecule is CCn1cc(NC(=O)CC23CC4CC(CC(C4)C2)C3)c(C(=O)NC)n1. The van der Waals surface area contributed by atoms with Crippen molar-refractivity contribution < 1.29 is 9.59 Å². The van der Waals surface area contributed by atoms with Crippen LogP contribution in [0.15, 0.2) is 6.20 Å². The third kappa shape index (κ3) is 3.07. The molecular formula is C19H28N4O2. The third-order valence-electron chi connectivity index (χ3n) is 6.50. The molecule has 1 heterocycles. The van der Waals surface area contributed by atoms with Crippen LogP contribution in [0.4, 0.5) is 5.69 Å². The number of nitrogens with zero attached hydrogens (tertiary/aromatic N) is 2. The maximum atomic E-state index is 12.8. The van der Waals surface area contributed by atoms with Crippen LogP contribution in [0.25, 0.3) is 0 Å². The fourth-order valence-electron chi connectivity index (χ4n) is 6.00. The zero-order valence-corrected chi connectivity index (χ0v) is 15.2. The summed E-state index contributed by atoms with van der Waals surface area (Å²) in [6.45, 7) is 2.62. The van der Waals surface area contributed by atoms with Crippen LogP contribution in [-0.4, -0.2) is 28.6 Å². The Balaban J connectivity index is 1.48. The van der Waals surface area contributed by atoms with Gasteiger partial charge in [0.05, 0.1) is 5.69 Å². The molecule has 6 nitrogen and oxygen atoms in total. The van der Waals surface area contributed by atoms with Crippen LogP contribution < -0.4 is 10.6 Å². The van der Waals surface area contributed by atoms with Crippen LogP contribution in [0.5, 0.6) is 0 Å². The summed E-state index contributed by atoms with van der Waals surface area (Å²) in [6.07, 6.45) is 10.1. The Hall–Kier alpha value is -1.85. The number of hydrogen-bond acceptors (Lipinski definition) is 3. The molecule has 4 bridgehead atoms. The van der Waals surface area contributed by atoms with Gasteiger partial charge in [-0.25, -0.2) is 0 Å². The molecule has 5 rings (SSSR count). The van der Waals surface area contributed by atoms with E-state index in [1.54, 1.807) is 17.9 Å². The summed E-state index contributed by atoms with van der Waals surface area (Å²) < 4.78 is 1.69. The number of hydrogen-bond donors (Lipinski definition) is 2. The lowest BCUT2D eigenvalue weighted by Gasteiger charge is -2.56. The standard InChI is InChI=1S/C19H28N4O2/c1-3-23-11-15(17(22-23)18(25)20-2)21-16(24)10-19-7-12-4-13(8-19)6-14(5-12)9-19/h11-14H,3-10H2,1-2H3,(H,20,25)(H,21,24). The van der Waals surface area contributed by atoms with Crippen molar-refractivity contribution in [3.8, 4) is 0 Å². The average Bonchev–Trinajstić information content (AvgIpc) is 2.95. The van der Waals surface area contributed by atoms with Gasteiger partial charge in [0.25, 0.3) is 5.91 Å². The van der Waals surface area contributed by atoms with Crippen LogP contribution in [-0.2, 0) is 11.3 Å². The third-order valence-corrected chi connectivity index (χ3v) is 6.50. The van der Waals surface area contributed by atoms with Crippen LogP contribution in [0.2, 0.25) is 0 Å². The molecule has 0 radical (unpaired) electrons. The van der Waals surface area contributed by atoms with Crippen molar-refractivity contribution in [1.29, 1.82) is 0 Å². The highest BCUT2D eigenvalue weighted by atomic mass is 16.2. The van der Waals surface area contributed by atoms with Crippen molar-refractivity contribution in [2.24, 2.45) is 23.2 Å². The topological polar surface area (TPSA) is 76.0 Å². The summed E-state index contributed by atoms with van der Waals surface area (Å²) in [5.74, 6) is 2.27. The molecule has 6 heteroatoms. The lowest BCUT2D eigenvalue weighted by molar-refractivity contribution is -0.124. The molecule has 4 aliphatic rings.